The molecule has 0 saturated heterocycles. The number of nitrogens with two attached hydrogens (primary N) is 1. The number of nitrogen functional groups attached to an aromatic ring is 1. The second-order valence-electron chi connectivity index (χ2n) is 2.47. The Balaban J connectivity index is 2.96. The molecule has 0 atom stereocenters. The monoisotopic (exact) mass is 191 g/mol. The zero-order valence-electron chi connectivity index (χ0n) is 7.87. The van der Waals surface area contributed by atoms with Crippen molar-refractivity contribution in [2.75, 3.05) is 12.8 Å². The van der Waals surface area contributed by atoms with Crippen LogP contribution in [0.4, 0.5) is 5.95 Å². The van der Waals surface area contributed by atoms with Crippen LogP contribution in [0.2, 0.25) is 0 Å². The number of hydrogen-bond acceptors (Lipinski definition) is 5. The van der Waals surface area contributed by atoms with Gasteiger partial charge in [0.25, 0.3) is 0 Å². The van der Waals surface area contributed by atoms with Crippen molar-refractivity contribution in [3.05, 3.63) is 17.5 Å². The Hall–Kier alpha value is -2.09. The smallest absolute Gasteiger partial charge is 0.384 e. The standard InChI is InChI=1S/C9H9N3O2/c1-6-7(3-4-8(13)14-2)5-11-9(10)12-6/h5H,1-2H3,(H2,10,11,12). The molecule has 0 spiro atoms. The van der Waals surface area contributed by atoms with E-state index >= 15 is 0 Å². The minimum Gasteiger partial charge on any atom is -0.459 e. The summed E-state index contributed by atoms with van der Waals surface area (Å²) in [5.74, 6) is 4.45. The third-order valence-electron chi connectivity index (χ3n) is 1.48. The predicted molar refractivity (Wildman–Crippen MR) is 50.1 cm³/mol. The van der Waals surface area contributed by atoms with Crippen molar-refractivity contribution in [2.24, 2.45) is 0 Å². The van der Waals surface area contributed by atoms with Crippen molar-refractivity contribution in [2.45, 2.75) is 6.92 Å². The predicted octanol–water partition coefficient (Wildman–Crippen LogP) is -0.108. The Kier molecular flexibility index (Phi) is 3.02. The van der Waals surface area contributed by atoms with Crippen molar-refractivity contribution >= 4 is 11.9 Å². The molecule has 0 aromatic carbocycles. The van der Waals surface area contributed by atoms with Crippen LogP contribution in [0, 0.1) is 18.8 Å². The first kappa shape index (κ1) is 9.99. The van der Waals surface area contributed by atoms with Crippen LogP contribution in [-0.2, 0) is 9.53 Å². The minimum absolute atomic E-state index is 0.186. The number of ether oxygens (including phenoxy) is 1. The van der Waals surface area contributed by atoms with E-state index in [1.165, 1.54) is 13.3 Å². The van der Waals surface area contributed by atoms with Crippen LogP contribution in [-0.4, -0.2) is 23.0 Å². The highest BCUT2D eigenvalue weighted by atomic mass is 16.5. The summed E-state index contributed by atoms with van der Waals surface area (Å²) in [7, 11) is 1.27. The molecule has 0 saturated carbocycles. The van der Waals surface area contributed by atoms with Crippen molar-refractivity contribution in [1.82, 2.24) is 9.97 Å². The number of esters is 1. The number of aryl methyl sites for hydroxylation is 1. The molecule has 0 aliphatic carbocycles. The van der Waals surface area contributed by atoms with Gasteiger partial charge in [0.05, 0.1) is 18.4 Å². The summed E-state index contributed by atoms with van der Waals surface area (Å²) in [6, 6.07) is 0. The van der Waals surface area contributed by atoms with Gasteiger partial charge < -0.3 is 10.5 Å². The molecule has 5 nitrogen and oxygen atoms in total. The summed E-state index contributed by atoms with van der Waals surface area (Å²) in [4.78, 5) is 18.3. The Labute approximate surface area is 81.3 Å². The van der Waals surface area contributed by atoms with E-state index in [-0.39, 0.29) is 5.95 Å². The summed E-state index contributed by atoms with van der Waals surface area (Å²) >= 11 is 0. The number of carbonyl (C=O) groups excluding carboxylic acids is 1. The molecule has 2 N–H and O–H groups in total. The highest BCUT2D eigenvalue weighted by Crippen LogP contribution is 2.02. The molecule has 1 rings (SSSR count). The van der Waals surface area contributed by atoms with E-state index in [0.717, 1.165) is 0 Å². The van der Waals surface area contributed by atoms with Gasteiger partial charge in [-0.1, -0.05) is 5.92 Å². The van der Waals surface area contributed by atoms with Crippen molar-refractivity contribution in [3.63, 3.8) is 0 Å². The molecular formula is C9H9N3O2. The first-order valence-corrected chi connectivity index (χ1v) is 3.82. The number of hydrogen-bond donors (Lipinski definition) is 1. The van der Waals surface area contributed by atoms with Gasteiger partial charge >= 0.3 is 5.97 Å². The Morgan fingerprint density at radius 1 is 1.64 bits per heavy atom. The van der Waals surface area contributed by atoms with Crippen LogP contribution >= 0.6 is 0 Å². The highest BCUT2D eigenvalue weighted by molar-refractivity contribution is 5.89. The van der Waals surface area contributed by atoms with Crippen LogP contribution in [0.1, 0.15) is 11.3 Å². The van der Waals surface area contributed by atoms with Gasteiger partial charge in [0.15, 0.2) is 0 Å². The van der Waals surface area contributed by atoms with Crippen LogP contribution < -0.4 is 5.73 Å². The zero-order chi connectivity index (χ0) is 10.6. The average Bonchev–Trinajstić information content (AvgIpc) is 2.16. The van der Waals surface area contributed by atoms with E-state index in [1.807, 2.05) is 0 Å². The third-order valence-corrected chi connectivity index (χ3v) is 1.48. The number of methoxy groups -OCH3 is 1. The van der Waals surface area contributed by atoms with Crippen LogP contribution in [0.15, 0.2) is 6.20 Å². The molecule has 0 unspecified atom stereocenters. The number of aromatic nitrogens is 2. The molecule has 0 aliphatic rings. The van der Waals surface area contributed by atoms with Gasteiger partial charge in [0, 0.05) is 12.1 Å². The van der Waals surface area contributed by atoms with E-state index in [9.17, 15) is 4.79 Å². The lowest BCUT2D eigenvalue weighted by atomic mass is 10.2. The van der Waals surface area contributed by atoms with Crippen LogP contribution in [0.5, 0.6) is 0 Å². The lowest BCUT2D eigenvalue weighted by Gasteiger charge is -1.96. The maximum Gasteiger partial charge on any atom is 0.384 e. The van der Waals surface area contributed by atoms with Crippen molar-refractivity contribution < 1.29 is 9.53 Å². The van der Waals surface area contributed by atoms with Gasteiger partial charge in [0.2, 0.25) is 5.95 Å². The normalized spacial score (nSPS) is 8.71. The Bertz CT molecular complexity index is 418. The molecule has 0 amide bonds. The van der Waals surface area contributed by atoms with Gasteiger partial charge in [-0.15, -0.1) is 0 Å². The Morgan fingerprint density at radius 2 is 2.36 bits per heavy atom. The van der Waals surface area contributed by atoms with Gasteiger partial charge in [-0.2, -0.15) is 0 Å². The van der Waals surface area contributed by atoms with E-state index in [1.54, 1.807) is 6.92 Å². The number of carbonyl (C=O) groups is 1. The molecule has 0 aliphatic heterocycles. The lowest BCUT2D eigenvalue weighted by Crippen LogP contribution is -1.99. The summed E-state index contributed by atoms with van der Waals surface area (Å²) in [5, 5.41) is 0. The maximum atomic E-state index is 10.7. The first-order valence-electron chi connectivity index (χ1n) is 3.82. The van der Waals surface area contributed by atoms with Gasteiger partial charge in [-0.25, -0.2) is 14.8 Å². The number of rotatable bonds is 0. The number of anilines is 1. The summed E-state index contributed by atoms with van der Waals surface area (Å²) in [6.45, 7) is 1.74. The second-order valence-corrected chi connectivity index (χ2v) is 2.47. The van der Waals surface area contributed by atoms with E-state index in [0.29, 0.717) is 11.3 Å². The second kappa shape index (κ2) is 4.23. The van der Waals surface area contributed by atoms with Crippen molar-refractivity contribution in [3.8, 4) is 11.8 Å². The summed E-state index contributed by atoms with van der Waals surface area (Å²) in [5.41, 5.74) is 6.54. The fourth-order valence-electron chi connectivity index (χ4n) is 0.777. The van der Waals surface area contributed by atoms with Crippen molar-refractivity contribution in [1.29, 1.82) is 0 Å². The fourth-order valence-corrected chi connectivity index (χ4v) is 0.777. The topological polar surface area (TPSA) is 78.1 Å². The molecule has 14 heavy (non-hydrogen) atoms. The Morgan fingerprint density at radius 3 is 2.93 bits per heavy atom. The molecule has 1 aromatic heterocycles. The van der Waals surface area contributed by atoms with Crippen LogP contribution in [0.3, 0.4) is 0 Å². The first-order chi connectivity index (χ1) is 6.63. The molecule has 0 bridgehead atoms. The number of nitrogens with zero attached hydrogens (tertiary/aromatic N) is 2. The molecule has 0 radical (unpaired) electrons. The minimum atomic E-state index is -0.596. The lowest BCUT2D eigenvalue weighted by molar-refractivity contribution is -0.133. The summed E-state index contributed by atoms with van der Waals surface area (Å²) in [6.07, 6.45) is 1.47. The highest BCUT2D eigenvalue weighted by Gasteiger charge is 1.98. The van der Waals surface area contributed by atoms with Gasteiger partial charge in [-0.05, 0) is 6.92 Å². The molecular weight excluding hydrogens is 182 g/mol. The van der Waals surface area contributed by atoms with Crippen LogP contribution in [0.25, 0.3) is 0 Å². The van der Waals surface area contributed by atoms with E-state index in [2.05, 4.69) is 26.5 Å². The molecule has 5 heteroatoms. The van der Waals surface area contributed by atoms with E-state index < -0.39 is 5.97 Å². The van der Waals surface area contributed by atoms with Gasteiger partial charge in [0.1, 0.15) is 0 Å². The quantitative estimate of drug-likeness (QED) is 0.457. The van der Waals surface area contributed by atoms with E-state index in [4.69, 9.17) is 5.73 Å². The largest absolute Gasteiger partial charge is 0.459 e. The third kappa shape index (κ3) is 2.45. The average molecular weight is 191 g/mol. The fraction of sp³-hybridized carbons (Fsp3) is 0.222. The zero-order valence-corrected chi connectivity index (χ0v) is 7.87. The summed E-state index contributed by atoms with van der Waals surface area (Å²) < 4.78 is 4.36. The van der Waals surface area contributed by atoms with Gasteiger partial charge in [-0.3, -0.25) is 0 Å². The SMILES string of the molecule is COC(=O)C#Cc1cnc(N)nc1C. The molecule has 1 aromatic rings. The molecule has 1 heterocycles. The molecule has 0 fully saturated rings. The molecule has 72 valence electrons. The maximum absolute atomic E-state index is 10.7.